The molecule has 0 heterocycles. The molecule has 0 spiro atoms. The molecule has 0 aliphatic heterocycles. The van der Waals surface area contributed by atoms with Gasteiger partial charge in [0.25, 0.3) is 0 Å². The molecule has 3 aliphatic carbocycles. The molecule has 0 aromatic heterocycles. The van der Waals surface area contributed by atoms with Gasteiger partial charge in [0.2, 0.25) is 0 Å². The summed E-state index contributed by atoms with van der Waals surface area (Å²) >= 11 is 0. The van der Waals surface area contributed by atoms with Crippen LogP contribution in [0.3, 0.4) is 0 Å². The standard InChI is InChI=1S/C58H74N2/c1-52(2,3)39-33-41(59-40-21-23-44-47(36-40)56(10,11)29-27-53(44,4)5)35-43(34-39)60(42-22-24-45-48(37-42)57(12,13)30-28-54(45,6)7)49-26-25-46-51(50(49)38-19-17-16-18-20-38)58(14,15)32-31-55(46,8)9/h16-26,33-37,59H,27-32H2,1-15H3. The first kappa shape index (κ1) is 42.4. The van der Waals surface area contributed by atoms with Gasteiger partial charge in [-0.2, -0.15) is 0 Å². The summed E-state index contributed by atoms with van der Waals surface area (Å²) in [5.41, 5.74) is 19.3. The van der Waals surface area contributed by atoms with Crippen molar-refractivity contribution in [1.29, 1.82) is 0 Å². The van der Waals surface area contributed by atoms with Crippen LogP contribution in [0.4, 0.5) is 28.4 Å². The van der Waals surface area contributed by atoms with Crippen LogP contribution >= 0.6 is 0 Å². The van der Waals surface area contributed by atoms with Crippen LogP contribution in [-0.2, 0) is 37.9 Å². The van der Waals surface area contributed by atoms with Crippen molar-refractivity contribution in [3.63, 3.8) is 0 Å². The second kappa shape index (κ2) is 14.1. The van der Waals surface area contributed by atoms with E-state index in [1.807, 2.05) is 0 Å². The van der Waals surface area contributed by atoms with E-state index in [-0.39, 0.29) is 37.9 Å². The molecule has 2 nitrogen and oxygen atoms in total. The Hall–Kier alpha value is -4.30. The Morgan fingerprint density at radius 3 is 1.52 bits per heavy atom. The molecule has 8 rings (SSSR count). The third-order valence-corrected chi connectivity index (χ3v) is 15.5. The van der Waals surface area contributed by atoms with Gasteiger partial charge in [0.05, 0.1) is 5.69 Å². The van der Waals surface area contributed by atoms with Gasteiger partial charge >= 0.3 is 0 Å². The second-order valence-electron chi connectivity index (χ2n) is 24.0. The van der Waals surface area contributed by atoms with E-state index in [1.54, 1.807) is 0 Å². The molecular formula is C58H74N2. The second-order valence-corrected chi connectivity index (χ2v) is 24.0. The molecule has 5 aromatic carbocycles. The van der Waals surface area contributed by atoms with Crippen LogP contribution in [0.5, 0.6) is 0 Å². The van der Waals surface area contributed by atoms with Crippen molar-refractivity contribution in [2.24, 2.45) is 0 Å². The lowest BCUT2D eigenvalue weighted by Gasteiger charge is -2.45. The summed E-state index contributed by atoms with van der Waals surface area (Å²) in [5, 5.41) is 4.00. The van der Waals surface area contributed by atoms with E-state index < -0.39 is 0 Å². The predicted octanol–water partition coefficient (Wildman–Crippen LogP) is 16.9. The molecule has 0 radical (unpaired) electrons. The van der Waals surface area contributed by atoms with Crippen LogP contribution < -0.4 is 10.2 Å². The number of benzene rings is 5. The Morgan fingerprint density at radius 2 is 0.933 bits per heavy atom. The molecule has 2 heteroatoms. The first-order chi connectivity index (χ1) is 27.8. The van der Waals surface area contributed by atoms with Gasteiger partial charge in [-0.15, -0.1) is 0 Å². The Balaban J connectivity index is 1.41. The Labute approximate surface area is 364 Å². The van der Waals surface area contributed by atoms with Crippen molar-refractivity contribution in [2.45, 2.75) is 180 Å². The van der Waals surface area contributed by atoms with Crippen LogP contribution in [0.25, 0.3) is 11.1 Å². The molecule has 0 bridgehead atoms. The number of nitrogens with one attached hydrogen (secondary N) is 1. The van der Waals surface area contributed by atoms with E-state index >= 15 is 0 Å². The largest absolute Gasteiger partial charge is 0.355 e. The van der Waals surface area contributed by atoms with Gasteiger partial charge in [0.1, 0.15) is 0 Å². The number of hydrogen-bond acceptors (Lipinski definition) is 2. The monoisotopic (exact) mass is 799 g/mol. The highest BCUT2D eigenvalue weighted by Crippen LogP contribution is 2.55. The number of anilines is 5. The molecule has 5 aromatic rings. The molecule has 1 N–H and O–H groups in total. The predicted molar refractivity (Wildman–Crippen MR) is 261 cm³/mol. The lowest BCUT2D eigenvalue weighted by Crippen LogP contribution is -2.35. The van der Waals surface area contributed by atoms with Gasteiger partial charge in [-0.05, 0) is 169 Å². The highest BCUT2D eigenvalue weighted by atomic mass is 15.1. The number of hydrogen-bond donors (Lipinski definition) is 1. The molecule has 3 aliphatic rings. The Bertz CT molecular complexity index is 2450. The number of nitrogens with zero attached hydrogens (tertiary/aromatic N) is 1. The maximum Gasteiger partial charge on any atom is 0.0543 e. The van der Waals surface area contributed by atoms with E-state index in [4.69, 9.17) is 0 Å². The minimum Gasteiger partial charge on any atom is -0.355 e. The first-order valence-electron chi connectivity index (χ1n) is 23.1. The van der Waals surface area contributed by atoms with Crippen molar-refractivity contribution in [3.05, 3.63) is 136 Å². The quantitative estimate of drug-likeness (QED) is 0.184. The first-order valence-corrected chi connectivity index (χ1v) is 23.1. The summed E-state index contributed by atoms with van der Waals surface area (Å²) in [4.78, 5) is 2.62. The zero-order chi connectivity index (χ0) is 43.4. The molecule has 60 heavy (non-hydrogen) atoms. The average molecular weight is 799 g/mol. The number of rotatable bonds is 6. The summed E-state index contributed by atoms with van der Waals surface area (Å²) in [6.45, 7) is 36.4. The minimum atomic E-state index is -0.0774. The number of fused-ring (bicyclic) bond motifs is 3. The van der Waals surface area contributed by atoms with Gasteiger partial charge in [-0.1, -0.05) is 152 Å². The van der Waals surface area contributed by atoms with Crippen LogP contribution in [-0.4, -0.2) is 0 Å². The highest BCUT2D eigenvalue weighted by Gasteiger charge is 2.42. The van der Waals surface area contributed by atoms with E-state index in [0.717, 1.165) is 17.8 Å². The van der Waals surface area contributed by atoms with Crippen molar-refractivity contribution >= 4 is 28.4 Å². The fourth-order valence-corrected chi connectivity index (χ4v) is 11.0. The summed E-state index contributed by atoms with van der Waals surface area (Å²) in [6, 6.07) is 38.1. The zero-order valence-electron chi connectivity index (χ0n) is 39.9. The Kier molecular flexibility index (Phi) is 9.98. The van der Waals surface area contributed by atoms with Gasteiger partial charge < -0.3 is 10.2 Å². The average Bonchev–Trinajstić information content (AvgIpc) is 3.17. The van der Waals surface area contributed by atoms with Crippen LogP contribution in [0.15, 0.2) is 97.1 Å². The van der Waals surface area contributed by atoms with Crippen molar-refractivity contribution < 1.29 is 0 Å². The summed E-state index contributed by atoms with van der Waals surface area (Å²) in [7, 11) is 0. The van der Waals surface area contributed by atoms with Crippen LogP contribution in [0.2, 0.25) is 0 Å². The molecule has 0 unspecified atom stereocenters. The summed E-state index contributed by atoms with van der Waals surface area (Å²) in [5.74, 6) is 0. The summed E-state index contributed by atoms with van der Waals surface area (Å²) in [6.07, 6.45) is 7.12. The smallest absolute Gasteiger partial charge is 0.0543 e. The van der Waals surface area contributed by atoms with Crippen molar-refractivity contribution in [2.75, 3.05) is 10.2 Å². The summed E-state index contributed by atoms with van der Waals surface area (Å²) < 4.78 is 0. The molecule has 0 fully saturated rings. The maximum absolute atomic E-state index is 4.00. The molecule has 0 saturated carbocycles. The fraction of sp³-hybridized carbons (Fsp3) is 0.483. The van der Waals surface area contributed by atoms with Gasteiger partial charge in [0.15, 0.2) is 0 Å². The van der Waals surface area contributed by atoms with Crippen LogP contribution in [0, 0.1) is 0 Å². The lowest BCUT2D eigenvalue weighted by molar-refractivity contribution is 0.332. The maximum atomic E-state index is 4.00. The topological polar surface area (TPSA) is 15.3 Å². The molecule has 0 amide bonds. The molecular weight excluding hydrogens is 725 g/mol. The van der Waals surface area contributed by atoms with E-state index in [1.165, 1.54) is 99.2 Å². The van der Waals surface area contributed by atoms with E-state index in [9.17, 15) is 0 Å². The zero-order valence-corrected chi connectivity index (χ0v) is 39.9. The molecule has 0 saturated heterocycles. The van der Waals surface area contributed by atoms with Gasteiger partial charge in [0, 0.05) is 28.3 Å². The molecule has 316 valence electrons. The highest BCUT2D eigenvalue weighted by molar-refractivity contribution is 5.92. The van der Waals surface area contributed by atoms with Crippen molar-refractivity contribution in [3.8, 4) is 11.1 Å². The lowest BCUT2D eigenvalue weighted by atomic mass is 9.61. The normalized spacial score (nSPS) is 20.3. The Morgan fingerprint density at radius 1 is 0.433 bits per heavy atom. The van der Waals surface area contributed by atoms with Gasteiger partial charge in [-0.3, -0.25) is 0 Å². The third kappa shape index (κ3) is 7.43. The fourth-order valence-electron chi connectivity index (χ4n) is 11.0. The van der Waals surface area contributed by atoms with E-state index in [0.29, 0.717) is 0 Å². The van der Waals surface area contributed by atoms with Crippen molar-refractivity contribution in [1.82, 2.24) is 0 Å². The molecule has 0 atom stereocenters. The SMILES string of the molecule is CC(C)(C)c1cc(Nc2ccc3c(c2)C(C)(C)CCC3(C)C)cc(N(c2ccc3c(c2)C(C)(C)CCC3(C)C)c2ccc3c(c2-c2ccccc2)C(C)(C)CCC3(C)C)c1. The van der Waals surface area contributed by atoms with Crippen LogP contribution in [0.1, 0.15) is 181 Å². The third-order valence-electron chi connectivity index (χ3n) is 15.5. The van der Waals surface area contributed by atoms with E-state index in [2.05, 4.69) is 211 Å². The minimum absolute atomic E-state index is 0.00827. The van der Waals surface area contributed by atoms with Gasteiger partial charge in [-0.25, -0.2) is 0 Å².